The molecule has 1 aliphatic rings. The van der Waals surface area contributed by atoms with Crippen LogP contribution in [0.5, 0.6) is 5.75 Å². The van der Waals surface area contributed by atoms with E-state index >= 15 is 0 Å². The maximum atomic E-state index is 13.4. The average Bonchev–Trinajstić information content (AvgIpc) is 3.58. The summed E-state index contributed by atoms with van der Waals surface area (Å²) < 4.78 is 41.5. The fraction of sp³-hybridized carbons (Fsp3) is 0.483. The number of ether oxygens (including phenoxy) is 2. The molecular weight excluding hydrogens is 548 g/mol. The minimum Gasteiger partial charge on any atom is -0.496 e. The summed E-state index contributed by atoms with van der Waals surface area (Å²) in [4.78, 5) is 18.8. The monoisotopic (exact) mass is 588 g/mol. The van der Waals surface area contributed by atoms with Gasteiger partial charge in [0, 0.05) is 49.5 Å². The Labute approximate surface area is 242 Å². The lowest BCUT2D eigenvalue weighted by Gasteiger charge is -2.37. The zero-order valence-electron chi connectivity index (χ0n) is 24.4. The molecule has 1 aliphatic heterocycles. The molecule has 9 nitrogen and oxygen atoms in total. The summed E-state index contributed by atoms with van der Waals surface area (Å²) in [5.41, 5.74) is 4.56. The summed E-state index contributed by atoms with van der Waals surface area (Å²) in [6.45, 7) is 7.74. The zero-order chi connectivity index (χ0) is 29.2. The van der Waals surface area contributed by atoms with Crippen molar-refractivity contribution in [2.45, 2.75) is 44.8 Å². The largest absolute Gasteiger partial charge is 0.496 e. The van der Waals surface area contributed by atoms with Gasteiger partial charge >= 0.3 is 0 Å². The Morgan fingerprint density at radius 1 is 1.10 bits per heavy atom. The predicted octanol–water partition coefficient (Wildman–Crippen LogP) is 3.81. The highest BCUT2D eigenvalue weighted by molar-refractivity contribution is 7.89. The first kappa shape index (κ1) is 30.3. The molecule has 0 bridgehead atoms. The third kappa shape index (κ3) is 5.99. The van der Waals surface area contributed by atoms with Gasteiger partial charge in [-0.1, -0.05) is 6.07 Å². The van der Waals surface area contributed by atoms with E-state index in [-0.39, 0.29) is 36.6 Å². The van der Waals surface area contributed by atoms with Crippen molar-refractivity contribution in [1.82, 2.24) is 18.7 Å². The molecule has 0 N–H and O–H groups in total. The molecule has 1 amide bonds. The van der Waals surface area contributed by atoms with Crippen LogP contribution in [0.1, 0.15) is 39.0 Å². The minimum absolute atomic E-state index is 0.107. The fourth-order valence-electron chi connectivity index (χ4n) is 5.34. The lowest BCUT2D eigenvalue weighted by Crippen LogP contribution is -2.44. The van der Waals surface area contributed by atoms with Gasteiger partial charge in [-0.3, -0.25) is 4.79 Å². The standard InChI is InChI=1S/C29H40N4O5S2/c1-20-17-26(21(2)22(3)29(20)37-7)40(35,36)31(6)14-15-38-19-27(34)33-13-12-32-23(18-30(4)5)10-11-24(32)28(33)25-9-8-16-39-25/h8-11,16-17,28H,12-15,18-19H2,1-7H3. The molecule has 0 saturated carbocycles. The van der Waals surface area contributed by atoms with Gasteiger partial charge in [0.1, 0.15) is 18.4 Å². The number of carbonyl (C=O) groups is 1. The lowest BCUT2D eigenvalue weighted by atomic mass is 10.1. The molecule has 3 heterocycles. The van der Waals surface area contributed by atoms with Crippen molar-refractivity contribution < 1.29 is 22.7 Å². The van der Waals surface area contributed by atoms with Crippen LogP contribution in [0.2, 0.25) is 0 Å². The smallest absolute Gasteiger partial charge is 0.249 e. The van der Waals surface area contributed by atoms with E-state index in [0.717, 1.165) is 34.8 Å². The Bertz CT molecular complexity index is 1450. The first-order valence-corrected chi connectivity index (χ1v) is 15.6. The molecule has 0 aliphatic carbocycles. The molecule has 1 unspecified atom stereocenters. The Hall–Kier alpha value is -2.70. The zero-order valence-corrected chi connectivity index (χ0v) is 26.1. The fourth-order valence-corrected chi connectivity index (χ4v) is 7.70. The molecule has 0 saturated heterocycles. The molecule has 11 heteroatoms. The maximum absolute atomic E-state index is 13.4. The normalized spacial score (nSPS) is 15.6. The highest BCUT2D eigenvalue weighted by Gasteiger charge is 2.34. The SMILES string of the molecule is COc1c(C)cc(S(=O)(=O)N(C)CCOCC(=O)N2CCn3c(CN(C)C)ccc3C2c2cccs2)c(C)c1C. The number of nitrogens with zero attached hydrogens (tertiary/aromatic N) is 4. The maximum Gasteiger partial charge on any atom is 0.249 e. The molecule has 3 aromatic rings. The molecule has 4 rings (SSSR count). The van der Waals surface area contributed by atoms with Gasteiger partial charge in [-0.25, -0.2) is 8.42 Å². The van der Waals surface area contributed by atoms with Crippen LogP contribution in [-0.2, 0) is 32.6 Å². The summed E-state index contributed by atoms with van der Waals surface area (Å²) >= 11 is 1.64. The highest BCUT2D eigenvalue weighted by Crippen LogP contribution is 2.36. The number of fused-ring (bicyclic) bond motifs is 1. The first-order valence-electron chi connectivity index (χ1n) is 13.3. The van der Waals surface area contributed by atoms with E-state index in [4.69, 9.17) is 9.47 Å². The average molecular weight is 589 g/mol. The van der Waals surface area contributed by atoms with Crippen LogP contribution in [0.25, 0.3) is 0 Å². The van der Waals surface area contributed by atoms with Crippen molar-refractivity contribution in [2.24, 2.45) is 0 Å². The van der Waals surface area contributed by atoms with Gasteiger partial charge in [0.15, 0.2) is 0 Å². The molecule has 0 fully saturated rings. The molecule has 2 aromatic heterocycles. The van der Waals surface area contributed by atoms with E-state index in [1.165, 1.54) is 17.0 Å². The number of methoxy groups -OCH3 is 1. The third-order valence-corrected chi connectivity index (χ3v) is 10.4. The molecule has 1 aromatic carbocycles. The minimum atomic E-state index is -3.74. The van der Waals surface area contributed by atoms with E-state index in [2.05, 4.69) is 41.8 Å². The van der Waals surface area contributed by atoms with E-state index < -0.39 is 10.0 Å². The number of likely N-dealkylation sites (N-methyl/N-ethyl adjacent to an activating group) is 1. The number of hydrogen-bond acceptors (Lipinski definition) is 7. The van der Waals surface area contributed by atoms with Gasteiger partial charge in [-0.2, -0.15) is 4.31 Å². The predicted molar refractivity (Wildman–Crippen MR) is 158 cm³/mol. The quantitative estimate of drug-likeness (QED) is 0.317. The van der Waals surface area contributed by atoms with Crippen LogP contribution >= 0.6 is 11.3 Å². The molecule has 0 spiro atoms. The number of benzene rings is 1. The summed E-state index contributed by atoms with van der Waals surface area (Å²) in [5, 5.41) is 2.03. The Morgan fingerprint density at radius 2 is 1.85 bits per heavy atom. The van der Waals surface area contributed by atoms with Gasteiger partial charge in [0.25, 0.3) is 0 Å². The van der Waals surface area contributed by atoms with Crippen LogP contribution in [-0.4, -0.2) is 87.6 Å². The van der Waals surface area contributed by atoms with Crippen LogP contribution in [0.4, 0.5) is 0 Å². The van der Waals surface area contributed by atoms with Crippen LogP contribution in [0.3, 0.4) is 0 Å². The van der Waals surface area contributed by atoms with Gasteiger partial charge < -0.3 is 23.8 Å². The summed E-state index contributed by atoms with van der Waals surface area (Å²) in [7, 11) is 3.48. The Morgan fingerprint density at radius 3 is 2.50 bits per heavy atom. The number of thiophene rings is 1. The number of rotatable bonds is 11. The number of aromatic nitrogens is 1. The van der Waals surface area contributed by atoms with Crippen molar-refractivity contribution in [3.05, 3.63) is 68.7 Å². The van der Waals surface area contributed by atoms with Crippen LogP contribution in [0, 0.1) is 20.8 Å². The van der Waals surface area contributed by atoms with Crippen molar-refractivity contribution in [3.8, 4) is 5.75 Å². The van der Waals surface area contributed by atoms with E-state index in [1.807, 2.05) is 30.2 Å². The molecule has 0 radical (unpaired) electrons. The van der Waals surface area contributed by atoms with Gasteiger partial charge in [0.05, 0.1) is 18.6 Å². The number of hydrogen-bond donors (Lipinski definition) is 0. The molecular formula is C29H40N4O5S2. The second-order valence-corrected chi connectivity index (χ2v) is 13.5. The number of sulfonamides is 1. The van der Waals surface area contributed by atoms with Gasteiger partial charge in [-0.05, 0) is 81.2 Å². The molecule has 40 heavy (non-hydrogen) atoms. The lowest BCUT2D eigenvalue weighted by molar-refractivity contribution is -0.138. The van der Waals surface area contributed by atoms with Crippen molar-refractivity contribution >= 4 is 27.3 Å². The number of amides is 1. The van der Waals surface area contributed by atoms with E-state index in [0.29, 0.717) is 17.9 Å². The number of carbonyl (C=O) groups excluding carboxylic acids is 1. The summed E-state index contributed by atoms with van der Waals surface area (Å²) in [6.07, 6.45) is 0. The summed E-state index contributed by atoms with van der Waals surface area (Å²) in [5.74, 6) is 0.587. The van der Waals surface area contributed by atoms with Crippen LogP contribution < -0.4 is 4.74 Å². The second kappa shape index (κ2) is 12.4. The number of aryl methyl sites for hydroxylation is 1. The van der Waals surface area contributed by atoms with E-state index in [9.17, 15) is 13.2 Å². The molecule has 218 valence electrons. The summed E-state index contributed by atoms with van der Waals surface area (Å²) in [6, 6.07) is 9.81. The van der Waals surface area contributed by atoms with Crippen molar-refractivity contribution in [3.63, 3.8) is 0 Å². The van der Waals surface area contributed by atoms with Crippen molar-refractivity contribution in [2.75, 3.05) is 54.6 Å². The Balaban J connectivity index is 1.41. The topological polar surface area (TPSA) is 84.3 Å². The first-order chi connectivity index (χ1) is 19.0. The Kier molecular flexibility index (Phi) is 9.41. The second-order valence-electron chi connectivity index (χ2n) is 10.5. The van der Waals surface area contributed by atoms with Crippen molar-refractivity contribution in [1.29, 1.82) is 0 Å². The van der Waals surface area contributed by atoms with Gasteiger partial charge in [0.2, 0.25) is 15.9 Å². The van der Waals surface area contributed by atoms with Crippen LogP contribution in [0.15, 0.2) is 40.6 Å². The van der Waals surface area contributed by atoms with E-state index in [1.54, 1.807) is 31.4 Å². The highest BCUT2D eigenvalue weighted by atomic mass is 32.2. The third-order valence-electron chi connectivity index (χ3n) is 7.52. The van der Waals surface area contributed by atoms with Gasteiger partial charge in [-0.15, -0.1) is 11.3 Å². The molecule has 1 atom stereocenters.